The van der Waals surface area contributed by atoms with E-state index in [1.54, 1.807) is 12.1 Å². The molecule has 0 aliphatic heterocycles. The van der Waals surface area contributed by atoms with Gasteiger partial charge < -0.3 is 10.2 Å². The van der Waals surface area contributed by atoms with Gasteiger partial charge >= 0.3 is 5.97 Å². The first-order chi connectivity index (χ1) is 7.99. The van der Waals surface area contributed by atoms with Crippen LogP contribution >= 0.6 is 31.9 Å². The highest BCUT2D eigenvalue weighted by Gasteiger charge is 2.24. The van der Waals surface area contributed by atoms with Crippen molar-refractivity contribution < 1.29 is 19.8 Å². The van der Waals surface area contributed by atoms with Crippen molar-refractivity contribution in [2.24, 2.45) is 0 Å². The van der Waals surface area contributed by atoms with Gasteiger partial charge in [0, 0.05) is 27.4 Å². The molecule has 0 heterocycles. The zero-order valence-electron chi connectivity index (χ0n) is 8.69. The third kappa shape index (κ3) is 3.37. The van der Waals surface area contributed by atoms with Crippen LogP contribution in [0.3, 0.4) is 0 Å². The molecule has 0 radical (unpaired) electrons. The van der Waals surface area contributed by atoms with Gasteiger partial charge in [0.1, 0.15) is 0 Å². The lowest BCUT2D eigenvalue weighted by Gasteiger charge is -2.12. The number of hydrogen-bond acceptors (Lipinski definition) is 3. The number of benzene rings is 1. The number of hydrogen-bond donors (Lipinski definition) is 2. The number of Topliss-reactive ketones (excluding diaryl/α,β-unsaturated/α-hetero) is 1. The normalized spacial score (nSPS) is 12.2. The monoisotopic (exact) mass is 364 g/mol. The number of aliphatic carboxylic acids is 1. The predicted molar refractivity (Wildman–Crippen MR) is 69.5 cm³/mol. The molecule has 0 aliphatic carbocycles. The molecule has 1 unspecified atom stereocenters. The molecule has 6 heteroatoms. The maximum Gasteiger partial charge on any atom is 0.337 e. The highest BCUT2D eigenvalue weighted by Crippen LogP contribution is 2.27. The van der Waals surface area contributed by atoms with E-state index in [-0.39, 0.29) is 23.3 Å². The van der Waals surface area contributed by atoms with Gasteiger partial charge in [0.2, 0.25) is 0 Å². The molecular weight excluding hydrogens is 356 g/mol. The molecular formula is C11H10Br2O4. The summed E-state index contributed by atoms with van der Waals surface area (Å²) in [6.07, 6.45) is -1.45. The first kappa shape index (κ1) is 14.3. The highest BCUT2D eigenvalue weighted by atomic mass is 79.9. The SMILES string of the molecule is O=C(CCBr)c1c(Br)cccc1C(O)C(=O)O. The molecule has 1 rings (SSSR count). The van der Waals surface area contributed by atoms with Crippen LogP contribution in [0.15, 0.2) is 22.7 Å². The smallest absolute Gasteiger partial charge is 0.337 e. The number of carbonyl (C=O) groups is 2. The zero-order valence-corrected chi connectivity index (χ0v) is 11.9. The van der Waals surface area contributed by atoms with E-state index in [1.807, 2.05) is 0 Å². The summed E-state index contributed by atoms with van der Waals surface area (Å²) in [5.41, 5.74) is 0.333. The lowest BCUT2D eigenvalue weighted by molar-refractivity contribution is -0.146. The number of aliphatic hydroxyl groups is 1. The van der Waals surface area contributed by atoms with Crippen LogP contribution in [-0.2, 0) is 4.79 Å². The van der Waals surface area contributed by atoms with Crippen molar-refractivity contribution in [3.63, 3.8) is 0 Å². The van der Waals surface area contributed by atoms with Gasteiger partial charge in [0.25, 0.3) is 0 Å². The summed E-state index contributed by atoms with van der Waals surface area (Å²) in [5, 5.41) is 18.8. The summed E-state index contributed by atoms with van der Waals surface area (Å²) >= 11 is 6.34. The topological polar surface area (TPSA) is 74.6 Å². The minimum Gasteiger partial charge on any atom is -0.479 e. The minimum absolute atomic E-state index is 0.109. The second-order valence-electron chi connectivity index (χ2n) is 3.31. The molecule has 0 amide bonds. The Kier molecular flexibility index (Phi) is 5.30. The number of halogens is 2. The molecule has 0 fully saturated rings. The number of alkyl halides is 1. The lowest BCUT2D eigenvalue weighted by atomic mass is 9.98. The molecule has 1 aromatic rings. The molecule has 0 aliphatic rings. The van der Waals surface area contributed by atoms with Crippen molar-refractivity contribution in [1.82, 2.24) is 0 Å². The molecule has 0 bridgehead atoms. The predicted octanol–water partition coefficient (Wildman–Crippen LogP) is 2.53. The summed E-state index contributed by atoms with van der Waals surface area (Å²) in [7, 11) is 0. The summed E-state index contributed by atoms with van der Waals surface area (Å²) in [5.74, 6) is -1.60. The van der Waals surface area contributed by atoms with E-state index in [0.717, 1.165) is 0 Å². The number of carboxylic acids is 1. The third-order valence-corrected chi connectivity index (χ3v) is 3.23. The Morgan fingerprint density at radius 3 is 2.53 bits per heavy atom. The standard InChI is InChI=1S/C11H10Br2O4/c12-5-4-8(14)9-6(10(15)11(16)17)2-1-3-7(9)13/h1-3,10,15H,4-5H2,(H,16,17). The van der Waals surface area contributed by atoms with Crippen LogP contribution in [0, 0.1) is 0 Å². The van der Waals surface area contributed by atoms with Crippen LogP contribution in [-0.4, -0.2) is 27.3 Å². The van der Waals surface area contributed by atoms with E-state index in [4.69, 9.17) is 5.11 Å². The zero-order chi connectivity index (χ0) is 13.0. The molecule has 0 saturated heterocycles. The molecule has 4 nitrogen and oxygen atoms in total. The molecule has 17 heavy (non-hydrogen) atoms. The largest absolute Gasteiger partial charge is 0.479 e. The Hall–Kier alpha value is -0.720. The van der Waals surface area contributed by atoms with Gasteiger partial charge in [-0.15, -0.1) is 0 Å². The lowest BCUT2D eigenvalue weighted by Crippen LogP contribution is -2.15. The summed E-state index contributed by atoms with van der Waals surface area (Å²) in [6, 6.07) is 4.65. The minimum atomic E-state index is -1.69. The van der Waals surface area contributed by atoms with Crippen LogP contribution in [0.5, 0.6) is 0 Å². The van der Waals surface area contributed by atoms with E-state index < -0.39 is 12.1 Å². The van der Waals surface area contributed by atoms with Crippen molar-refractivity contribution in [2.75, 3.05) is 5.33 Å². The van der Waals surface area contributed by atoms with Gasteiger partial charge in [-0.1, -0.05) is 44.0 Å². The average molecular weight is 366 g/mol. The van der Waals surface area contributed by atoms with E-state index in [2.05, 4.69) is 31.9 Å². The Labute approximate surface area is 115 Å². The molecule has 0 spiro atoms. The summed E-state index contributed by atoms with van der Waals surface area (Å²) in [6.45, 7) is 0. The van der Waals surface area contributed by atoms with Gasteiger partial charge in [-0.25, -0.2) is 4.79 Å². The van der Waals surface area contributed by atoms with Crippen molar-refractivity contribution in [1.29, 1.82) is 0 Å². The molecule has 1 aromatic carbocycles. The fraction of sp³-hybridized carbons (Fsp3) is 0.273. The van der Waals surface area contributed by atoms with Gasteiger partial charge in [0.05, 0.1) is 0 Å². The Balaban J connectivity index is 3.26. The first-order valence-electron chi connectivity index (χ1n) is 4.77. The van der Waals surface area contributed by atoms with Gasteiger partial charge in [0.15, 0.2) is 11.9 Å². The number of rotatable bonds is 5. The second kappa shape index (κ2) is 6.28. The Morgan fingerprint density at radius 2 is 2.00 bits per heavy atom. The molecule has 1 atom stereocenters. The molecule has 0 aromatic heterocycles. The first-order valence-corrected chi connectivity index (χ1v) is 6.69. The summed E-state index contributed by atoms with van der Waals surface area (Å²) < 4.78 is 0.487. The van der Waals surface area contributed by atoms with Crippen LogP contribution < -0.4 is 0 Å². The Morgan fingerprint density at radius 1 is 1.35 bits per heavy atom. The van der Waals surface area contributed by atoms with Gasteiger partial charge in [-0.3, -0.25) is 4.79 Å². The van der Waals surface area contributed by atoms with Crippen molar-refractivity contribution in [2.45, 2.75) is 12.5 Å². The molecule has 0 saturated carbocycles. The van der Waals surface area contributed by atoms with Gasteiger partial charge in [-0.05, 0) is 6.07 Å². The van der Waals surface area contributed by atoms with Crippen LogP contribution in [0.4, 0.5) is 0 Å². The molecule has 92 valence electrons. The molecule has 2 N–H and O–H groups in total. The van der Waals surface area contributed by atoms with E-state index >= 15 is 0 Å². The van der Waals surface area contributed by atoms with E-state index in [0.29, 0.717) is 9.80 Å². The maximum absolute atomic E-state index is 11.8. The number of carboxylic acid groups (broad SMARTS) is 1. The van der Waals surface area contributed by atoms with E-state index in [1.165, 1.54) is 6.07 Å². The average Bonchev–Trinajstić information content (AvgIpc) is 2.27. The number of aliphatic hydroxyl groups excluding tert-OH is 1. The fourth-order valence-corrected chi connectivity index (χ4v) is 2.37. The van der Waals surface area contributed by atoms with Crippen LogP contribution in [0.2, 0.25) is 0 Å². The number of ketones is 1. The number of carbonyl (C=O) groups excluding carboxylic acids is 1. The summed E-state index contributed by atoms with van der Waals surface area (Å²) in [4.78, 5) is 22.6. The van der Waals surface area contributed by atoms with Crippen LogP contribution in [0.1, 0.15) is 28.4 Å². The van der Waals surface area contributed by atoms with Crippen molar-refractivity contribution >= 4 is 43.6 Å². The fourth-order valence-electron chi connectivity index (χ4n) is 1.41. The Bertz CT molecular complexity index is 445. The van der Waals surface area contributed by atoms with E-state index in [9.17, 15) is 14.7 Å². The van der Waals surface area contributed by atoms with Crippen molar-refractivity contribution in [3.05, 3.63) is 33.8 Å². The third-order valence-electron chi connectivity index (χ3n) is 2.17. The maximum atomic E-state index is 11.8. The van der Waals surface area contributed by atoms with Gasteiger partial charge in [-0.2, -0.15) is 0 Å². The second-order valence-corrected chi connectivity index (χ2v) is 4.95. The quantitative estimate of drug-likeness (QED) is 0.621. The highest BCUT2D eigenvalue weighted by molar-refractivity contribution is 9.10. The van der Waals surface area contributed by atoms with Crippen molar-refractivity contribution in [3.8, 4) is 0 Å². The van der Waals surface area contributed by atoms with Crippen LogP contribution in [0.25, 0.3) is 0 Å².